The van der Waals surface area contributed by atoms with Gasteiger partial charge in [-0.2, -0.15) is 0 Å². The number of non-ortho nitro benzene ring substituents is 1. The molecule has 2 saturated heterocycles. The van der Waals surface area contributed by atoms with Crippen molar-refractivity contribution < 1.29 is 34.5 Å². The van der Waals surface area contributed by atoms with Gasteiger partial charge in [0, 0.05) is 17.7 Å². The highest BCUT2D eigenvalue weighted by Crippen LogP contribution is 2.43. The molecule has 2 fully saturated rings. The van der Waals surface area contributed by atoms with E-state index in [9.17, 15) is 25.4 Å². The van der Waals surface area contributed by atoms with Crippen LogP contribution in [-0.4, -0.2) is 62.8 Å². The van der Waals surface area contributed by atoms with E-state index in [0.29, 0.717) is 5.56 Å². The van der Waals surface area contributed by atoms with Crippen LogP contribution in [-0.2, 0) is 14.2 Å². The molecule has 2 aliphatic heterocycles. The van der Waals surface area contributed by atoms with Gasteiger partial charge in [0.25, 0.3) is 5.69 Å². The summed E-state index contributed by atoms with van der Waals surface area (Å²) in [5.74, 6) is 4.34. The number of benzene rings is 1. The van der Waals surface area contributed by atoms with E-state index >= 15 is 0 Å². The maximum atomic E-state index is 11.1. The molecule has 9 heteroatoms. The van der Waals surface area contributed by atoms with Crippen LogP contribution in [0.4, 0.5) is 5.69 Å². The van der Waals surface area contributed by atoms with Crippen molar-refractivity contribution in [3.63, 3.8) is 0 Å². The predicted molar refractivity (Wildman–Crippen MR) is 86.7 cm³/mol. The van der Waals surface area contributed by atoms with Gasteiger partial charge in [-0.15, -0.1) is 0 Å². The Morgan fingerprint density at radius 2 is 1.96 bits per heavy atom. The number of rotatable bonds is 3. The predicted octanol–water partition coefficient (Wildman–Crippen LogP) is -0.0930. The van der Waals surface area contributed by atoms with Crippen LogP contribution >= 0.6 is 0 Å². The second kappa shape index (κ2) is 6.59. The topological polar surface area (TPSA) is 132 Å². The fourth-order valence-corrected chi connectivity index (χ4v) is 3.00. The standard InChI is InChI=1S/C17H19NO8/c1-16(2)25-14-15(26-16)24-13(12(20)9-19)17(14,21)8-7-10-3-5-11(6-4-10)18(22)23/h3-6,12-15,19-21H,9H2,1-2H3/t12-,13-,14+,15-,17+/m1/s1. The molecule has 0 aliphatic carbocycles. The fourth-order valence-electron chi connectivity index (χ4n) is 3.00. The Balaban J connectivity index is 1.92. The van der Waals surface area contributed by atoms with Crippen molar-refractivity contribution in [2.24, 2.45) is 0 Å². The molecule has 0 amide bonds. The van der Waals surface area contributed by atoms with Gasteiger partial charge in [-0.25, -0.2) is 0 Å². The first kappa shape index (κ1) is 18.7. The van der Waals surface area contributed by atoms with E-state index < -0.39 is 47.5 Å². The Kier molecular flexibility index (Phi) is 4.74. The maximum Gasteiger partial charge on any atom is 0.269 e. The molecule has 9 nitrogen and oxygen atoms in total. The van der Waals surface area contributed by atoms with E-state index in [-0.39, 0.29) is 5.69 Å². The Morgan fingerprint density at radius 3 is 2.54 bits per heavy atom. The first-order valence-electron chi connectivity index (χ1n) is 7.96. The zero-order valence-electron chi connectivity index (χ0n) is 14.2. The molecule has 1 aromatic carbocycles. The number of fused-ring (bicyclic) bond motifs is 1. The molecule has 0 spiro atoms. The van der Waals surface area contributed by atoms with Gasteiger partial charge in [0.2, 0.25) is 0 Å². The molecule has 0 unspecified atom stereocenters. The second-order valence-corrected chi connectivity index (χ2v) is 6.61. The number of nitro groups is 1. The molecule has 1 aromatic rings. The molecule has 0 saturated carbocycles. The summed E-state index contributed by atoms with van der Waals surface area (Å²) in [5.41, 5.74) is -1.60. The maximum absolute atomic E-state index is 11.1. The average Bonchev–Trinajstić information content (AvgIpc) is 3.04. The average molecular weight is 365 g/mol. The zero-order chi connectivity index (χ0) is 19.1. The fraction of sp³-hybridized carbons (Fsp3) is 0.529. The van der Waals surface area contributed by atoms with E-state index in [2.05, 4.69) is 11.8 Å². The number of aliphatic hydroxyl groups is 3. The molecule has 0 radical (unpaired) electrons. The minimum absolute atomic E-state index is 0.0821. The lowest BCUT2D eigenvalue weighted by Gasteiger charge is -2.31. The van der Waals surface area contributed by atoms with Crippen LogP contribution in [0.25, 0.3) is 0 Å². The third-order valence-corrected chi connectivity index (χ3v) is 4.23. The van der Waals surface area contributed by atoms with Gasteiger partial charge >= 0.3 is 0 Å². The summed E-state index contributed by atoms with van der Waals surface area (Å²) in [6.07, 6.45) is -4.59. The van der Waals surface area contributed by atoms with Crippen LogP contribution in [0.15, 0.2) is 24.3 Å². The van der Waals surface area contributed by atoms with Gasteiger partial charge in [0.15, 0.2) is 23.8 Å². The van der Waals surface area contributed by atoms with Gasteiger partial charge in [0.05, 0.1) is 11.5 Å². The van der Waals surface area contributed by atoms with Crippen molar-refractivity contribution in [1.29, 1.82) is 0 Å². The lowest BCUT2D eigenvalue weighted by Crippen LogP contribution is -2.53. The largest absolute Gasteiger partial charge is 0.394 e. The van der Waals surface area contributed by atoms with Crippen molar-refractivity contribution in [3.05, 3.63) is 39.9 Å². The summed E-state index contributed by atoms with van der Waals surface area (Å²) in [5, 5.41) is 41.0. The van der Waals surface area contributed by atoms with E-state index in [1.165, 1.54) is 24.3 Å². The molecule has 3 N–H and O–H groups in total. The normalized spacial score (nSPS) is 33.2. The molecule has 2 heterocycles. The molecule has 2 aliphatic rings. The van der Waals surface area contributed by atoms with Crippen LogP contribution in [0.2, 0.25) is 0 Å². The number of hydrogen-bond donors (Lipinski definition) is 3. The van der Waals surface area contributed by atoms with Crippen LogP contribution in [0.5, 0.6) is 0 Å². The molecule has 3 rings (SSSR count). The van der Waals surface area contributed by atoms with E-state index in [1.54, 1.807) is 13.8 Å². The molecule has 26 heavy (non-hydrogen) atoms. The summed E-state index contributed by atoms with van der Waals surface area (Å²) in [6.45, 7) is 2.65. The lowest BCUT2D eigenvalue weighted by molar-refractivity contribution is -0.384. The highest BCUT2D eigenvalue weighted by molar-refractivity contribution is 5.43. The highest BCUT2D eigenvalue weighted by Gasteiger charge is 2.64. The number of aliphatic hydroxyl groups excluding tert-OH is 2. The monoisotopic (exact) mass is 365 g/mol. The third kappa shape index (κ3) is 3.31. The van der Waals surface area contributed by atoms with Crippen molar-refractivity contribution in [3.8, 4) is 11.8 Å². The second-order valence-electron chi connectivity index (χ2n) is 6.61. The first-order valence-corrected chi connectivity index (χ1v) is 7.96. The summed E-state index contributed by atoms with van der Waals surface area (Å²) in [4.78, 5) is 10.2. The van der Waals surface area contributed by atoms with Crippen molar-refractivity contribution >= 4 is 5.69 Å². The van der Waals surface area contributed by atoms with Crippen molar-refractivity contribution in [2.75, 3.05) is 6.61 Å². The van der Waals surface area contributed by atoms with Gasteiger partial charge in [-0.05, 0) is 26.0 Å². The van der Waals surface area contributed by atoms with Crippen molar-refractivity contribution in [2.45, 2.75) is 49.8 Å². The van der Waals surface area contributed by atoms with Crippen LogP contribution in [0.3, 0.4) is 0 Å². The van der Waals surface area contributed by atoms with Crippen LogP contribution in [0.1, 0.15) is 19.4 Å². The first-order chi connectivity index (χ1) is 12.2. The molecular weight excluding hydrogens is 346 g/mol. The van der Waals surface area contributed by atoms with E-state index in [0.717, 1.165) is 0 Å². The van der Waals surface area contributed by atoms with Crippen LogP contribution in [0, 0.1) is 22.0 Å². The summed E-state index contributed by atoms with van der Waals surface area (Å²) in [6, 6.07) is 5.46. The van der Waals surface area contributed by atoms with Gasteiger partial charge in [-0.1, -0.05) is 11.8 Å². The number of ether oxygens (including phenoxy) is 3. The quantitative estimate of drug-likeness (QED) is 0.385. The molecule has 0 aromatic heterocycles. The lowest BCUT2D eigenvalue weighted by atomic mass is 9.89. The Morgan fingerprint density at radius 1 is 1.31 bits per heavy atom. The minimum Gasteiger partial charge on any atom is -0.394 e. The van der Waals surface area contributed by atoms with Gasteiger partial charge < -0.3 is 29.5 Å². The zero-order valence-corrected chi connectivity index (χ0v) is 14.2. The number of nitro benzene ring substituents is 1. The molecule has 140 valence electrons. The molecule has 0 bridgehead atoms. The van der Waals surface area contributed by atoms with E-state index in [4.69, 9.17) is 14.2 Å². The third-order valence-electron chi connectivity index (χ3n) is 4.23. The molecule has 5 atom stereocenters. The summed E-state index contributed by atoms with van der Waals surface area (Å²) in [7, 11) is 0. The smallest absolute Gasteiger partial charge is 0.269 e. The SMILES string of the molecule is CC1(C)O[C@H]2O[C@H]([C@H](O)CO)[C@@](O)(C#Cc3ccc([N+](=O)[O-])cc3)[C@H]2O1. The number of nitrogens with zero attached hydrogens (tertiary/aromatic N) is 1. The molecular formula is C17H19NO8. The Labute approximate surface area is 149 Å². The van der Waals surface area contributed by atoms with Crippen LogP contribution < -0.4 is 0 Å². The Hall–Kier alpha value is -2.06. The minimum atomic E-state index is -1.94. The van der Waals surface area contributed by atoms with Gasteiger partial charge in [-0.3, -0.25) is 10.1 Å². The van der Waals surface area contributed by atoms with Gasteiger partial charge in [0.1, 0.15) is 12.2 Å². The van der Waals surface area contributed by atoms with E-state index in [1.807, 2.05) is 0 Å². The number of hydrogen-bond acceptors (Lipinski definition) is 8. The summed E-state index contributed by atoms with van der Waals surface area (Å²) >= 11 is 0. The Bertz CT molecular complexity index is 752. The summed E-state index contributed by atoms with van der Waals surface area (Å²) < 4.78 is 16.7. The van der Waals surface area contributed by atoms with Crippen molar-refractivity contribution in [1.82, 2.24) is 0 Å². The highest BCUT2D eigenvalue weighted by atomic mass is 16.8.